The molecule has 166 valence electrons. The van der Waals surface area contributed by atoms with Gasteiger partial charge in [0.2, 0.25) is 6.23 Å². The lowest BCUT2D eigenvalue weighted by molar-refractivity contribution is -0.215. The number of nitriles is 1. The second kappa shape index (κ2) is 8.64. The van der Waals surface area contributed by atoms with Crippen LogP contribution in [0.25, 0.3) is 0 Å². The van der Waals surface area contributed by atoms with Gasteiger partial charge in [0.1, 0.15) is 18.5 Å². The van der Waals surface area contributed by atoms with Gasteiger partial charge in [0.25, 0.3) is 0 Å². The molecule has 2 aromatic rings. The molecule has 2 aromatic carbocycles. The summed E-state index contributed by atoms with van der Waals surface area (Å²) < 4.78 is 90.6. The summed E-state index contributed by atoms with van der Waals surface area (Å²) in [6.07, 6.45) is -13.3. The lowest BCUT2D eigenvalue weighted by atomic mass is 10.1. The van der Waals surface area contributed by atoms with Crippen molar-refractivity contribution in [2.75, 3.05) is 18.1 Å². The van der Waals surface area contributed by atoms with E-state index in [9.17, 15) is 26.3 Å². The van der Waals surface area contributed by atoms with Crippen LogP contribution < -0.4 is 9.64 Å². The van der Waals surface area contributed by atoms with Crippen LogP contribution in [0.2, 0.25) is 0 Å². The normalized spacial score (nSPS) is 19.4. The molecule has 2 unspecified atom stereocenters. The van der Waals surface area contributed by atoms with Gasteiger partial charge in [-0.05, 0) is 35.9 Å². The van der Waals surface area contributed by atoms with Gasteiger partial charge in [0.05, 0.1) is 30.3 Å². The van der Waals surface area contributed by atoms with Gasteiger partial charge in [0, 0.05) is 5.69 Å². The molecule has 1 saturated heterocycles. The van der Waals surface area contributed by atoms with Crippen molar-refractivity contribution in [3.05, 3.63) is 59.2 Å². The molecule has 0 radical (unpaired) electrons. The molecule has 11 heteroatoms. The van der Waals surface area contributed by atoms with E-state index in [-0.39, 0.29) is 25.4 Å². The summed E-state index contributed by atoms with van der Waals surface area (Å²) >= 11 is 0. The van der Waals surface area contributed by atoms with E-state index < -0.39 is 35.8 Å². The predicted molar refractivity (Wildman–Crippen MR) is 96.1 cm³/mol. The van der Waals surface area contributed by atoms with Crippen LogP contribution in [0, 0.1) is 11.3 Å². The standard InChI is InChI=1S/C20H16F6N2O3/c21-19(22,23)17-7-14(4-3-13(17)8-27)28-9-16(31-18(28)20(24,25)26)11-30-15-5-1-12(10-29)2-6-15/h1-7,16,18,29H,9-11H2. The molecule has 2 atom stereocenters. The highest BCUT2D eigenvalue weighted by Crippen LogP contribution is 2.39. The Hall–Kier alpha value is -2.97. The van der Waals surface area contributed by atoms with Crippen LogP contribution in [-0.4, -0.2) is 36.8 Å². The van der Waals surface area contributed by atoms with E-state index in [1.165, 1.54) is 18.2 Å². The number of alkyl halides is 6. The minimum absolute atomic E-state index is 0.182. The van der Waals surface area contributed by atoms with Crippen LogP contribution in [0.3, 0.4) is 0 Å². The first-order chi connectivity index (χ1) is 14.5. The molecule has 0 spiro atoms. The molecule has 0 aliphatic carbocycles. The van der Waals surface area contributed by atoms with Gasteiger partial charge in [-0.2, -0.15) is 31.6 Å². The van der Waals surface area contributed by atoms with E-state index in [4.69, 9.17) is 19.8 Å². The largest absolute Gasteiger partial charge is 0.491 e. The van der Waals surface area contributed by atoms with Crippen LogP contribution in [-0.2, 0) is 17.5 Å². The number of nitrogens with zero attached hydrogens (tertiary/aromatic N) is 2. The Morgan fingerprint density at radius 2 is 1.77 bits per heavy atom. The first kappa shape index (κ1) is 22.7. The van der Waals surface area contributed by atoms with Crippen molar-refractivity contribution in [1.29, 1.82) is 5.26 Å². The zero-order valence-electron chi connectivity index (χ0n) is 15.7. The van der Waals surface area contributed by atoms with E-state index >= 15 is 0 Å². The highest BCUT2D eigenvalue weighted by Gasteiger charge is 2.51. The maximum absolute atomic E-state index is 13.5. The smallest absolute Gasteiger partial charge is 0.433 e. The number of hydrogen-bond donors (Lipinski definition) is 1. The molecule has 5 nitrogen and oxygen atoms in total. The lowest BCUT2D eigenvalue weighted by Crippen LogP contribution is -2.42. The Kier molecular flexibility index (Phi) is 6.33. The summed E-state index contributed by atoms with van der Waals surface area (Å²) in [6.45, 7) is -0.829. The van der Waals surface area contributed by atoms with E-state index in [0.717, 1.165) is 12.1 Å². The maximum atomic E-state index is 13.5. The molecule has 1 heterocycles. The summed E-state index contributed by atoms with van der Waals surface area (Å²) in [5.74, 6) is 0.334. The SMILES string of the molecule is N#Cc1ccc(N2CC(COc3ccc(CO)cc3)OC2C(F)(F)F)cc1C(F)(F)F. The van der Waals surface area contributed by atoms with Crippen molar-refractivity contribution in [2.24, 2.45) is 0 Å². The third kappa shape index (κ3) is 5.21. The van der Waals surface area contributed by atoms with Gasteiger partial charge in [-0.3, -0.25) is 0 Å². The first-order valence-corrected chi connectivity index (χ1v) is 8.95. The summed E-state index contributed by atoms with van der Waals surface area (Å²) in [6, 6.07) is 9.95. The maximum Gasteiger partial charge on any atom is 0.433 e. The highest BCUT2D eigenvalue weighted by atomic mass is 19.4. The molecular weight excluding hydrogens is 430 g/mol. The van der Waals surface area contributed by atoms with Gasteiger partial charge >= 0.3 is 12.4 Å². The van der Waals surface area contributed by atoms with Gasteiger partial charge in [-0.25, -0.2) is 0 Å². The monoisotopic (exact) mass is 446 g/mol. The molecule has 1 aliphatic heterocycles. The second-order valence-electron chi connectivity index (χ2n) is 6.76. The van der Waals surface area contributed by atoms with E-state index in [1.807, 2.05) is 0 Å². The van der Waals surface area contributed by atoms with Crippen molar-refractivity contribution in [3.63, 3.8) is 0 Å². The third-order valence-corrected chi connectivity index (χ3v) is 4.59. The van der Waals surface area contributed by atoms with Crippen LogP contribution in [0.15, 0.2) is 42.5 Å². The van der Waals surface area contributed by atoms with Crippen LogP contribution >= 0.6 is 0 Å². The van der Waals surface area contributed by atoms with E-state index in [0.29, 0.717) is 22.3 Å². The van der Waals surface area contributed by atoms with E-state index in [2.05, 4.69) is 0 Å². The Morgan fingerprint density at radius 1 is 1.10 bits per heavy atom. The Morgan fingerprint density at radius 3 is 2.32 bits per heavy atom. The quantitative estimate of drug-likeness (QED) is 0.696. The van der Waals surface area contributed by atoms with Crippen molar-refractivity contribution in [3.8, 4) is 11.8 Å². The number of aliphatic hydroxyl groups is 1. The number of anilines is 1. The van der Waals surface area contributed by atoms with Gasteiger partial charge in [-0.1, -0.05) is 12.1 Å². The summed E-state index contributed by atoms with van der Waals surface area (Å²) in [5.41, 5.74) is -1.76. The molecule has 1 N–H and O–H groups in total. The zero-order chi connectivity index (χ0) is 22.8. The third-order valence-electron chi connectivity index (χ3n) is 4.59. The number of halogens is 6. The highest BCUT2D eigenvalue weighted by molar-refractivity contribution is 5.56. The first-order valence-electron chi connectivity index (χ1n) is 8.95. The fourth-order valence-electron chi connectivity index (χ4n) is 3.12. The van der Waals surface area contributed by atoms with Crippen molar-refractivity contribution in [1.82, 2.24) is 0 Å². The minimum atomic E-state index is -4.90. The average Bonchev–Trinajstić information content (AvgIpc) is 3.16. The predicted octanol–water partition coefficient (Wildman–Crippen LogP) is 4.24. The van der Waals surface area contributed by atoms with Gasteiger partial charge in [0.15, 0.2) is 0 Å². The number of aliphatic hydroxyl groups excluding tert-OH is 1. The summed E-state index contributed by atoms with van der Waals surface area (Å²) in [7, 11) is 0. The Balaban J connectivity index is 1.81. The Labute approximate surface area is 173 Å². The summed E-state index contributed by atoms with van der Waals surface area (Å²) in [4.78, 5) is 0.666. The minimum Gasteiger partial charge on any atom is -0.491 e. The zero-order valence-corrected chi connectivity index (χ0v) is 15.7. The Bertz CT molecular complexity index is 953. The van der Waals surface area contributed by atoms with Crippen LogP contribution in [0.1, 0.15) is 16.7 Å². The van der Waals surface area contributed by atoms with Crippen molar-refractivity contribution >= 4 is 5.69 Å². The molecule has 0 amide bonds. The summed E-state index contributed by atoms with van der Waals surface area (Å²) in [5, 5.41) is 17.9. The molecule has 0 aromatic heterocycles. The lowest BCUT2D eigenvalue weighted by Gasteiger charge is -2.27. The number of benzene rings is 2. The molecule has 0 saturated carbocycles. The van der Waals surface area contributed by atoms with Gasteiger partial charge < -0.3 is 19.5 Å². The average molecular weight is 446 g/mol. The molecule has 3 rings (SSSR count). The number of ether oxygens (including phenoxy) is 2. The van der Waals surface area contributed by atoms with E-state index in [1.54, 1.807) is 12.1 Å². The van der Waals surface area contributed by atoms with Gasteiger partial charge in [-0.15, -0.1) is 0 Å². The fourth-order valence-corrected chi connectivity index (χ4v) is 3.12. The topological polar surface area (TPSA) is 65.7 Å². The van der Waals surface area contributed by atoms with Crippen molar-refractivity contribution < 1.29 is 40.9 Å². The van der Waals surface area contributed by atoms with Crippen LogP contribution in [0.5, 0.6) is 5.75 Å². The second-order valence-corrected chi connectivity index (χ2v) is 6.76. The molecule has 1 aliphatic rings. The number of hydrogen-bond acceptors (Lipinski definition) is 5. The fraction of sp³-hybridized carbons (Fsp3) is 0.350. The number of rotatable bonds is 5. The molecule has 0 bridgehead atoms. The van der Waals surface area contributed by atoms with Crippen LogP contribution in [0.4, 0.5) is 32.0 Å². The van der Waals surface area contributed by atoms with Crippen molar-refractivity contribution in [2.45, 2.75) is 31.3 Å². The molecule has 1 fully saturated rings. The molecular formula is C20H16F6N2O3. The molecule has 31 heavy (non-hydrogen) atoms.